The number of anilines is 2. The Balaban J connectivity index is 1.67. The molecule has 1 N–H and O–H groups in total. The smallest absolute Gasteiger partial charge is 0.0786 e. The summed E-state index contributed by atoms with van der Waals surface area (Å²) in [7, 11) is 4.11. The van der Waals surface area contributed by atoms with Gasteiger partial charge in [0.05, 0.1) is 16.4 Å². The Bertz CT molecular complexity index is 482. The van der Waals surface area contributed by atoms with Gasteiger partial charge in [0.15, 0.2) is 0 Å². The minimum atomic E-state index is 0.605. The van der Waals surface area contributed by atoms with Gasteiger partial charge in [-0.25, -0.2) is 0 Å². The van der Waals surface area contributed by atoms with Crippen molar-refractivity contribution in [3.63, 3.8) is 0 Å². The van der Waals surface area contributed by atoms with Crippen LogP contribution < -0.4 is 10.2 Å². The first kappa shape index (κ1) is 15.0. The number of nitrogens with one attached hydrogen (secondary N) is 1. The van der Waals surface area contributed by atoms with Crippen LogP contribution >= 0.6 is 11.6 Å². The van der Waals surface area contributed by atoms with E-state index < -0.39 is 0 Å². The summed E-state index contributed by atoms with van der Waals surface area (Å²) in [6.45, 7) is 0. The van der Waals surface area contributed by atoms with E-state index in [2.05, 4.69) is 30.4 Å². The van der Waals surface area contributed by atoms with Gasteiger partial charge in [0.2, 0.25) is 0 Å². The van der Waals surface area contributed by atoms with E-state index in [1.807, 2.05) is 12.1 Å². The molecule has 1 aromatic rings. The second-order valence-corrected chi connectivity index (χ2v) is 7.56. The Kier molecular flexibility index (Phi) is 4.35. The zero-order chi connectivity index (χ0) is 14.9. The van der Waals surface area contributed by atoms with Crippen LogP contribution in [-0.4, -0.2) is 20.1 Å². The number of benzene rings is 1. The van der Waals surface area contributed by atoms with E-state index in [0.29, 0.717) is 11.5 Å². The second kappa shape index (κ2) is 6.08. The molecule has 0 aliphatic heterocycles. The lowest BCUT2D eigenvalue weighted by atomic mass is 9.71. The molecule has 0 aromatic heterocycles. The van der Waals surface area contributed by atoms with Crippen LogP contribution in [0.5, 0.6) is 0 Å². The molecule has 0 unspecified atom stereocenters. The second-order valence-electron chi connectivity index (χ2n) is 7.16. The number of rotatable bonds is 3. The Labute approximate surface area is 133 Å². The van der Waals surface area contributed by atoms with Crippen LogP contribution in [-0.2, 0) is 0 Å². The van der Waals surface area contributed by atoms with Gasteiger partial charge >= 0.3 is 0 Å². The molecule has 2 aliphatic rings. The molecule has 0 atom stereocenters. The number of hydrogen-bond acceptors (Lipinski definition) is 2. The van der Waals surface area contributed by atoms with Crippen molar-refractivity contribution in [1.82, 2.24) is 0 Å². The van der Waals surface area contributed by atoms with Gasteiger partial charge in [0.25, 0.3) is 0 Å². The van der Waals surface area contributed by atoms with Crippen LogP contribution in [0.4, 0.5) is 11.4 Å². The van der Waals surface area contributed by atoms with Crippen LogP contribution in [0.15, 0.2) is 18.2 Å². The van der Waals surface area contributed by atoms with Gasteiger partial charge in [0.1, 0.15) is 0 Å². The average molecular weight is 307 g/mol. The summed E-state index contributed by atoms with van der Waals surface area (Å²) in [5.41, 5.74) is 3.00. The maximum atomic E-state index is 6.36. The van der Waals surface area contributed by atoms with Crippen molar-refractivity contribution in [3.8, 4) is 0 Å². The van der Waals surface area contributed by atoms with Gasteiger partial charge in [-0.05, 0) is 56.1 Å². The monoisotopic (exact) mass is 306 g/mol. The van der Waals surface area contributed by atoms with Gasteiger partial charge < -0.3 is 10.2 Å². The van der Waals surface area contributed by atoms with E-state index >= 15 is 0 Å². The van der Waals surface area contributed by atoms with E-state index in [1.54, 1.807) is 0 Å². The quantitative estimate of drug-likeness (QED) is 0.813. The van der Waals surface area contributed by atoms with Crippen LogP contribution in [0.2, 0.25) is 5.02 Å². The molecule has 2 fully saturated rings. The zero-order valence-corrected chi connectivity index (χ0v) is 14.0. The topological polar surface area (TPSA) is 15.3 Å². The maximum absolute atomic E-state index is 6.36. The fourth-order valence-electron chi connectivity index (χ4n) is 4.31. The molecule has 3 rings (SSSR count). The van der Waals surface area contributed by atoms with E-state index in [1.165, 1.54) is 57.1 Å². The molecular weight excluding hydrogens is 280 g/mol. The summed E-state index contributed by atoms with van der Waals surface area (Å²) in [4.78, 5) is 2.10. The van der Waals surface area contributed by atoms with Gasteiger partial charge in [-0.1, -0.05) is 30.5 Å². The lowest BCUT2D eigenvalue weighted by Gasteiger charge is -2.38. The molecule has 0 bridgehead atoms. The van der Waals surface area contributed by atoms with Crippen molar-refractivity contribution >= 4 is 23.0 Å². The molecule has 0 radical (unpaired) electrons. The van der Waals surface area contributed by atoms with Crippen LogP contribution in [0.25, 0.3) is 0 Å². The summed E-state index contributed by atoms with van der Waals surface area (Å²) in [6.07, 6.45) is 11.3. The van der Waals surface area contributed by atoms with E-state index in [9.17, 15) is 0 Å². The maximum Gasteiger partial charge on any atom is 0.0786 e. The number of para-hydroxylation sites is 1. The largest absolute Gasteiger partial charge is 0.381 e. The molecule has 1 aromatic carbocycles. The lowest BCUT2D eigenvalue weighted by molar-refractivity contribution is 0.188. The Morgan fingerprint density at radius 3 is 2.38 bits per heavy atom. The SMILES string of the molecule is CN(C)c1c(Cl)cccc1NC1CCC2(CCCC2)CC1. The normalized spacial score (nSPS) is 21.7. The number of halogens is 1. The Morgan fingerprint density at radius 1 is 1.10 bits per heavy atom. The molecule has 3 heteroatoms. The molecule has 0 saturated heterocycles. The van der Waals surface area contributed by atoms with Crippen molar-refractivity contribution in [2.45, 2.75) is 57.4 Å². The van der Waals surface area contributed by atoms with Crippen LogP contribution in [0, 0.1) is 5.41 Å². The van der Waals surface area contributed by atoms with E-state index in [0.717, 1.165) is 10.7 Å². The minimum absolute atomic E-state index is 0.605. The number of hydrogen-bond donors (Lipinski definition) is 1. The third-order valence-electron chi connectivity index (χ3n) is 5.50. The molecular formula is C18H27ClN2. The van der Waals surface area contributed by atoms with Crippen LogP contribution in [0.3, 0.4) is 0 Å². The average Bonchev–Trinajstić information content (AvgIpc) is 2.90. The molecule has 1 spiro atoms. The summed E-state index contributed by atoms with van der Waals surface area (Å²) in [5, 5.41) is 4.58. The summed E-state index contributed by atoms with van der Waals surface area (Å²) < 4.78 is 0. The third-order valence-corrected chi connectivity index (χ3v) is 5.81. The predicted molar refractivity (Wildman–Crippen MR) is 92.6 cm³/mol. The van der Waals surface area contributed by atoms with Crippen molar-refractivity contribution in [1.29, 1.82) is 0 Å². The van der Waals surface area contributed by atoms with Crippen LogP contribution in [0.1, 0.15) is 51.4 Å². The zero-order valence-electron chi connectivity index (χ0n) is 13.3. The highest BCUT2D eigenvalue weighted by molar-refractivity contribution is 6.34. The van der Waals surface area contributed by atoms with Crippen molar-refractivity contribution in [2.24, 2.45) is 5.41 Å². The summed E-state index contributed by atoms with van der Waals surface area (Å²) in [5.74, 6) is 0. The lowest BCUT2D eigenvalue weighted by Crippen LogP contribution is -2.32. The van der Waals surface area contributed by atoms with E-state index in [4.69, 9.17) is 11.6 Å². The summed E-state index contributed by atoms with van der Waals surface area (Å²) in [6, 6.07) is 6.77. The third kappa shape index (κ3) is 3.15. The highest BCUT2D eigenvalue weighted by Gasteiger charge is 2.37. The van der Waals surface area contributed by atoms with Gasteiger partial charge in [0, 0.05) is 20.1 Å². The molecule has 2 saturated carbocycles. The molecule has 21 heavy (non-hydrogen) atoms. The first-order valence-electron chi connectivity index (χ1n) is 8.32. The predicted octanol–water partition coefficient (Wildman–Crippen LogP) is 5.32. The van der Waals surface area contributed by atoms with Gasteiger partial charge in [-0.2, -0.15) is 0 Å². The van der Waals surface area contributed by atoms with Gasteiger partial charge in [-0.15, -0.1) is 0 Å². The van der Waals surface area contributed by atoms with Crippen molar-refractivity contribution in [2.75, 3.05) is 24.3 Å². The van der Waals surface area contributed by atoms with E-state index in [-0.39, 0.29) is 0 Å². The van der Waals surface area contributed by atoms with Crippen molar-refractivity contribution < 1.29 is 0 Å². The highest BCUT2D eigenvalue weighted by atomic mass is 35.5. The molecule has 2 nitrogen and oxygen atoms in total. The first-order chi connectivity index (χ1) is 10.1. The molecule has 0 amide bonds. The first-order valence-corrected chi connectivity index (χ1v) is 8.70. The Hall–Kier alpha value is -0.890. The minimum Gasteiger partial charge on any atom is -0.381 e. The highest BCUT2D eigenvalue weighted by Crippen LogP contribution is 2.49. The molecule has 0 heterocycles. The fraction of sp³-hybridized carbons (Fsp3) is 0.667. The fourth-order valence-corrected chi connectivity index (χ4v) is 4.65. The van der Waals surface area contributed by atoms with Crippen molar-refractivity contribution in [3.05, 3.63) is 23.2 Å². The Morgan fingerprint density at radius 2 is 1.76 bits per heavy atom. The molecule has 2 aliphatic carbocycles. The summed E-state index contributed by atoms with van der Waals surface area (Å²) >= 11 is 6.36. The van der Waals surface area contributed by atoms with Gasteiger partial charge in [-0.3, -0.25) is 0 Å². The molecule has 116 valence electrons. The standard InChI is InChI=1S/C18H27ClN2/c1-21(2)17-15(19)6-5-7-16(17)20-14-8-12-18(13-9-14)10-3-4-11-18/h5-7,14,20H,3-4,8-13H2,1-2H3. The number of nitrogens with zero attached hydrogens (tertiary/aromatic N) is 1.